The average molecular weight is 778 g/mol. The van der Waals surface area contributed by atoms with Gasteiger partial charge in [0.1, 0.15) is 0 Å². The lowest BCUT2D eigenvalue weighted by molar-refractivity contribution is 1.28. The van der Waals surface area contributed by atoms with Gasteiger partial charge in [-0.05, 0) is 91.0 Å². The van der Waals surface area contributed by atoms with E-state index in [-0.39, 0.29) is 0 Å². The van der Waals surface area contributed by atoms with E-state index >= 15 is 0 Å². The van der Waals surface area contributed by atoms with E-state index in [9.17, 15) is 0 Å². The first kappa shape index (κ1) is 37.3. The van der Waals surface area contributed by atoms with E-state index in [0.717, 1.165) is 39.3 Å². The van der Waals surface area contributed by atoms with E-state index in [0.29, 0.717) is 0 Å². The van der Waals surface area contributed by atoms with Crippen LogP contribution < -0.4 is 4.90 Å². The predicted octanol–water partition coefficient (Wildman–Crippen LogP) is 16.8. The van der Waals surface area contributed by atoms with Gasteiger partial charge in [-0.2, -0.15) is 0 Å². The van der Waals surface area contributed by atoms with E-state index in [1.807, 2.05) is 0 Å². The largest absolute Gasteiger partial charge is 0.309 e. The summed E-state index contributed by atoms with van der Waals surface area (Å²) in [6.07, 6.45) is 0. The van der Waals surface area contributed by atoms with Crippen molar-refractivity contribution < 1.29 is 0 Å². The average Bonchev–Trinajstić information content (AvgIpc) is 3.36. The van der Waals surface area contributed by atoms with Crippen molar-refractivity contribution in [1.29, 1.82) is 0 Å². The molecule has 1 heteroatoms. The summed E-state index contributed by atoms with van der Waals surface area (Å²) in [5, 5.41) is 0. The molecule has 10 aromatic rings. The molecule has 10 aromatic carbocycles. The lowest BCUT2D eigenvalue weighted by atomic mass is 9.87. The first-order chi connectivity index (χ1) is 30.3. The second kappa shape index (κ2) is 17.1. The van der Waals surface area contributed by atoms with Crippen LogP contribution in [0.1, 0.15) is 0 Å². The smallest absolute Gasteiger partial charge is 0.0624 e. The summed E-state index contributed by atoms with van der Waals surface area (Å²) in [6.45, 7) is 0. The minimum absolute atomic E-state index is 1.07. The zero-order valence-corrected chi connectivity index (χ0v) is 33.8. The van der Waals surface area contributed by atoms with Gasteiger partial charge in [0, 0.05) is 22.5 Å². The molecule has 1 nitrogen and oxygen atoms in total. The van der Waals surface area contributed by atoms with Gasteiger partial charge in [-0.1, -0.05) is 237 Å². The second-order valence-electron chi connectivity index (χ2n) is 15.2. The number of anilines is 3. The maximum Gasteiger partial charge on any atom is 0.0624 e. The molecule has 0 spiro atoms. The first-order valence-corrected chi connectivity index (χ1v) is 20.9. The third-order valence-electron chi connectivity index (χ3n) is 11.5. The minimum Gasteiger partial charge on any atom is -0.309 e. The molecule has 0 amide bonds. The molecule has 0 saturated heterocycles. The number of rotatable bonds is 10. The van der Waals surface area contributed by atoms with E-state index in [4.69, 9.17) is 0 Å². The summed E-state index contributed by atoms with van der Waals surface area (Å²) >= 11 is 0. The fourth-order valence-corrected chi connectivity index (χ4v) is 8.62. The number of benzene rings is 10. The summed E-state index contributed by atoms with van der Waals surface area (Å²) in [5.41, 5.74) is 19.8. The van der Waals surface area contributed by atoms with E-state index in [1.54, 1.807) is 0 Å². The van der Waals surface area contributed by atoms with Gasteiger partial charge >= 0.3 is 0 Å². The highest BCUT2D eigenvalue weighted by Crippen LogP contribution is 2.51. The molecule has 0 saturated carbocycles. The lowest BCUT2D eigenvalue weighted by Gasteiger charge is -2.32. The molecule has 0 N–H and O–H groups in total. The zero-order valence-electron chi connectivity index (χ0n) is 33.8. The Hall–Kier alpha value is -8.00. The molecule has 0 aliphatic rings. The molecule has 0 unspecified atom stereocenters. The fourth-order valence-electron chi connectivity index (χ4n) is 8.62. The molecule has 0 aliphatic heterocycles. The summed E-state index contributed by atoms with van der Waals surface area (Å²) < 4.78 is 0. The number of nitrogens with zero attached hydrogens (tertiary/aromatic N) is 1. The molecule has 0 radical (unpaired) electrons. The van der Waals surface area contributed by atoms with Gasteiger partial charge in [-0.3, -0.25) is 0 Å². The van der Waals surface area contributed by atoms with Crippen LogP contribution in [0.3, 0.4) is 0 Å². The molecule has 0 aromatic heterocycles. The lowest BCUT2D eigenvalue weighted by Crippen LogP contribution is -2.13. The van der Waals surface area contributed by atoms with Crippen LogP contribution in [0, 0.1) is 0 Å². The molecule has 0 atom stereocenters. The fraction of sp³-hybridized carbons (Fsp3) is 0. The van der Waals surface area contributed by atoms with Gasteiger partial charge < -0.3 is 4.90 Å². The zero-order chi connectivity index (χ0) is 40.8. The predicted molar refractivity (Wildman–Crippen MR) is 259 cm³/mol. The van der Waals surface area contributed by atoms with Crippen LogP contribution >= 0.6 is 0 Å². The second-order valence-corrected chi connectivity index (χ2v) is 15.2. The first-order valence-electron chi connectivity index (χ1n) is 20.9. The van der Waals surface area contributed by atoms with Crippen molar-refractivity contribution in [1.82, 2.24) is 0 Å². The van der Waals surface area contributed by atoms with Crippen LogP contribution in [0.4, 0.5) is 17.1 Å². The molecule has 0 aliphatic carbocycles. The van der Waals surface area contributed by atoms with Crippen molar-refractivity contribution >= 4 is 17.1 Å². The van der Waals surface area contributed by atoms with Crippen molar-refractivity contribution in [3.63, 3.8) is 0 Å². The molecular formula is C60H43N. The molecule has 0 bridgehead atoms. The Morgan fingerprint density at radius 1 is 0.180 bits per heavy atom. The quantitative estimate of drug-likeness (QED) is 0.134. The van der Waals surface area contributed by atoms with E-state index < -0.39 is 0 Å². The molecule has 0 fully saturated rings. The Balaban J connectivity index is 1.20. The standard InChI is InChI=1S/C60H43N/c1-6-20-44(21-7-1)45-34-38-51(39-35-45)61(52-40-36-49(37-41-52)54-31-17-19-33-58(54)57-32-18-16-30-53(57)46-22-8-2-9-23-46)60-56(48-26-12-4-13-27-48)43-42-55(47-24-10-3-11-25-47)59(60)50-28-14-5-15-29-50/h1-43H. The summed E-state index contributed by atoms with van der Waals surface area (Å²) in [7, 11) is 0. The maximum absolute atomic E-state index is 2.46. The molecule has 288 valence electrons. The third-order valence-corrected chi connectivity index (χ3v) is 11.5. The maximum atomic E-state index is 2.46. The van der Waals surface area contributed by atoms with Crippen LogP contribution in [0.25, 0.3) is 77.9 Å². The SMILES string of the molecule is c1ccc(-c2ccc(N(c3ccc(-c4ccccc4-c4ccccc4-c4ccccc4)cc3)c3c(-c4ccccc4)ccc(-c4ccccc4)c3-c3ccccc3)cc2)cc1. The third kappa shape index (κ3) is 7.58. The van der Waals surface area contributed by atoms with Crippen LogP contribution in [0.2, 0.25) is 0 Å². The van der Waals surface area contributed by atoms with Gasteiger partial charge in [0.25, 0.3) is 0 Å². The monoisotopic (exact) mass is 777 g/mol. The van der Waals surface area contributed by atoms with Gasteiger partial charge in [0.2, 0.25) is 0 Å². The van der Waals surface area contributed by atoms with Crippen molar-refractivity contribution in [2.24, 2.45) is 0 Å². The Bertz CT molecular complexity index is 3010. The molecule has 10 rings (SSSR count). The van der Waals surface area contributed by atoms with Crippen LogP contribution in [-0.2, 0) is 0 Å². The normalized spacial score (nSPS) is 11.0. The number of hydrogen-bond donors (Lipinski definition) is 0. The van der Waals surface area contributed by atoms with Crippen molar-refractivity contribution in [3.05, 3.63) is 261 Å². The summed E-state index contributed by atoms with van der Waals surface area (Å²) in [6, 6.07) is 94.1. The van der Waals surface area contributed by atoms with Gasteiger partial charge in [-0.15, -0.1) is 0 Å². The van der Waals surface area contributed by atoms with Gasteiger partial charge in [0.15, 0.2) is 0 Å². The van der Waals surface area contributed by atoms with Crippen LogP contribution in [-0.4, -0.2) is 0 Å². The van der Waals surface area contributed by atoms with Crippen molar-refractivity contribution in [2.45, 2.75) is 0 Å². The van der Waals surface area contributed by atoms with Gasteiger partial charge in [0.05, 0.1) is 5.69 Å². The highest BCUT2D eigenvalue weighted by Gasteiger charge is 2.25. The van der Waals surface area contributed by atoms with Gasteiger partial charge in [-0.25, -0.2) is 0 Å². The van der Waals surface area contributed by atoms with Crippen molar-refractivity contribution in [3.8, 4) is 77.9 Å². The minimum atomic E-state index is 1.07. The Kier molecular flexibility index (Phi) is 10.4. The van der Waals surface area contributed by atoms with E-state index in [1.165, 1.54) is 55.6 Å². The Morgan fingerprint density at radius 3 is 0.934 bits per heavy atom. The van der Waals surface area contributed by atoms with E-state index in [2.05, 4.69) is 266 Å². The summed E-state index contributed by atoms with van der Waals surface area (Å²) in [5.74, 6) is 0. The van der Waals surface area contributed by atoms with Crippen LogP contribution in [0.15, 0.2) is 261 Å². The Morgan fingerprint density at radius 2 is 0.475 bits per heavy atom. The molecule has 0 heterocycles. The molecular weight excluding hydrogens is 735 g/mol. The van der Waals surface area contributed by atoms with Crippen molar-refractivity contribution in [2.75, 3.05) is 4.90 Å². The number of hydrogen-bond acceptors (Lipinski definition) is 1. The highest BCUT2D eigenvalue weighted by atomic mass is 15.1. The topological polar surface area (TPSA) is 3.24 Å². The Labute approximate surface area is 359 Å². The highest BCUT2D eigenvalue weighted by molar-refractivity contribution is 6.04. The van der Waals surface area contributed by atoms with Crippen LogP contribution in [0.5, 0.6) is 0 Å². The molecule has 61 heavy (non-hydrogen) atoms. The summed E-state index contributed by atoms with van der Waals surface area (Å²) in [4.78, 5) is 2.46.